The molecule has 42 heavy (non-hydrogen) atoms. The number of benzene rings is 1. The molecule has 1 aliphatic carbocycles. The number of likely N-dealkylation sites (tertiary alicyclic amines) is 1. The zero-order valence-electron chi connectivity index (χ0n) is 24.5. The fraction of sp³-hybridized carbons (Fsp3) is 0.621. The van der Waals surface area contributed by atoms with Gasteiger partial charge in [0.05, 0.1) is 22.0 Å². The van der Waals surface area contributed by atoms with E-state index in [-0.39, 0.29) is 52.0 Å². The molecular formula is C29H39N5O6S2. The molecule has 5 rings (SSSR count). The van der Waals surface area contributed by atoms with Crippen molar-refractivity contribution in [3.63, 3.8) is 0 Å². The van der Waals surface area contributed by atoms with Gasteiger partial charge in [-0.25, -0.2) is 18.1 Å². The summed E-state index contributed by atoms with van der Waals surface area (Å²) in [7, 11) is -3.68. The number of rotatable bonds is 11. The number of hydrogen-bond acceptors (Lipinski definition) is 8. The number of piperidine rings is 1. The summed E-state index contributed by atoms with van der Waals surface area (Å²) < 4.78 is 28.2. The summed E-state index contributed by atoms with van der Waals surface area (Å²) in [6, 6.07) is 4.49. The highest BCUT2D eigenvalue weighted by molar-refractivity contribution is 7.89. The van der Waals surface area contributed by atoms with Crippen LogP contribution in [0.2, 0.25) is 0 Å². The second-order valence-corrected chi connectivity index (χ2v) is 15.6. The number of hydrogen-bond donors (Lipinski definition) is 3. The van der Waals surface area contributed by atoms with Gasteiger partial charge in [0.15, 0.2) is 5.01 Å². The Bertz CT molecular complexity index is 1490. The van der Waals surface area contributed by atoms with Gasteiger partial charge < -0.3 is 15.5 Å². The zero-order valence-corrected chi connectivity index (χ0v) is 26.2. The number of nitrogens with zero attached hydrogens (tertiary/aromatic N) is 2. The number of thiazole rings is 1. The van der Waals surface area contributed by atoms with Crippen LogP contribution in [0, 0.1) is 29.1 Å². The third-order valence-electron chi connectivity index (χ3n) is 9.20. The number of carbonyl (C=O) groups is 4. The van der Waals surface area contributed by atoms with Crippen molar-refractivity contribution >= 4 is 55.1 Å². The van der Waals surface area contributed by atoms with E-state index in [1.807, 2.05) is 24.3 Å². The van der Waals surface area contributed by atoms with E-state index in [9.17, 15) is 27.6 Å². The largest absolute Gasteiger partial charge is 0.356 e. The molecule has 2 aliphatic heterocycles. The molecule has 2 saturated heterocycles. The number of ketones is 1. The summed E-state index contributed by atoms with van der Waals surface area (Å²) in [5.41, 5.74) is 0.492. The van der Waals surface area contributed by atoms with Gasteiger partial charge in [0, 0.05) is 19.0 Å². The van der Waals surface area contributed by atoms with Crippen LogP contribution in [-0.2, 0) is 24.4 Å². The molecule has 2 aromatic rings. The molecule has 0 spiro atoms. The minimum absolute atomic E-state index is 0.0758. The maximum Gasteiger partial charge on any atom is 0.243 e. The summed E-state index contributed by atoms with van der Waals surface area (Å²) in [4.78, 5) is 60.2. The third-order valence-corrected chi connectivity index (χ3v) is 11.6. The molecule has 13 heteroatoms. The fourth-order valence-electron chi connectivity index (χ4n) is 6.51. The van der Waals surface area contributed by atoms with E-state index in [0.717, 1.165) is 4.70 Å². The average Bonchev–Trinajstić information content (AvgIpc) is 3.46. The van der Waals surface area contributed by atoms with Gasteiger partial charge in [-0.15, -0.1) is 11.3 Å². The zero-order chi connectivity index (χ0) is 30.6. The number of aromatic nitrogens is 1. The number of para-hydroxylation sites is 1. The van der Waals surface area contributed by atoms with Gasteiger partial charge in [0.2, 0.25) is 33.5 Å². The monoisotopic (exact) mass is 617 g/mol. The molecule has 3 aliphatic rings. The third kappa shape index (κ3) is 5.70. The van der Waals surface area contributed by atoms with E-state index in [4.69, 9.17) is 0 Å². The minimum Gasteiger partial charge on any atom is -0.356 e. The number of nitrogens with one attached hydrogen (secondary N) is 3. The van der Waals surface area contributed by atoms with Gasteiger partial charge in [-0.05, 0) is 55.1 Å². The molecule has 3 heterocycles. The smallest absolute Gasteiger partial charge is 0.243 e. The summed E-state index contributed by atoms with van der Waals surface area (Å²) in [5, 5.41) is 5.96. The van der Waals surface area contributed by atoms with Crippen LogP contribution in [0.15, 0.2) is 24.3 Å². The Hall–Kier alpha value is -2.90. The second kappa shape index (κ2) is 11.3. The first-order chi connectivity index (χ1) is 19.7. The maximum atomic E-state index is 14.1. The van der Waals surface area contributed by atoms with Crippen molar-refractivity contribution in [3.8, 4) is 0 Å². The van der Waals surface area contributed by atoms with Crippen molar-refractivity contribution in [1.82, 2.24) is 25.2 Å². The first-order valence-electron chi connectivity index (χ1n) is 14.5. The van der Waals surface area contributed by atoms with Crippen LogP contribution in [0.1, 0.15) is 57.3 Å². The number of sulfonamides is 1. The van der Waals surface area contributed by atoms with Gasteiger partial charge in [-0.2, -0.15) is 0 Å². The Labute approximate surface area is 250 Å². The molecule has 0 radical (unpaired) electrons. The average molecular weight is 618 g/mol. The van der Waals surface area contributed by atoms with Gasteiger partial charge in [0.1, 0.15) is 12.1 Å². The lowest BCUT2D eigenvalue weighted by Gasteiger charge is -2.34. The molecule has 1 saturated carbocycles. The van der Waals surface area contributed by atoms with E-state index in [0.29, 0.717) is 25.0 Å². The summed E-state index contributed by atoms with van der Waals surface area (Å²) in [6.07, 6.45) is 0.674. The van der Waals surface area contributed by atoms with E-state index >= 15 is 0 Å². The van der Waals surface area contributed by atoms with Crippen molar-refractivity contribution in [2.24, 2.45) is 29.1 Å². The summed E-state index contributed by atoms with van der Waals surface area (Å²) >= 11 is 1.24. The van der Waals surface area contributed by atoms with Crippen LogP contribution in [0.25, 0.3) is 10.2 Å². The van der Waals surface area contributed by atoms with E-state index in [1.165, 1.54) is 23.2 Å². The maximum absolute atomic E-state index is 14.1. The minimum atomic E-state index is -3.68. The number of carbonyl (C=O) groups excluding carboxylic acids is 4. The molecule has 3 amide bonds. The predicted molar refractivity (Wildman–Crippen MR) is 159 cm³/mol. The molecule has 1 aromatic carbocycles. The van der Waals surface area contributed by atoms with Crippen LogP contribution >= 0.6 is 11.3 Å². The molecule has 3 fully saturated rings. The molecule has 228 valence electrons. The van der Waals surface area contributed by atoms with E-state index < -0.39 is 45.9 Å². The highest BCUT2D eigenvalue weighted by Gasteiger charge is 2.69. The normalized spacial score (nSPS) is 26.1. The lowest BCUT2D eigenvalue weighted by Crippen LogP contribution is -2.58. The van der Waals surface area contributed by atoms with E-state index in [1.54, 1.807) is 13.8 Å². The second-order valence-electron chi connectivity index (χ2n) is 12.6. The van der Waals surface area contributed by atoms with E-state index in [2.05, 4.69) is 34.2 Å². The van der Waals surface area contributed by atoms with Crippen molar-refractivity contribution in [3.05, 3.63) is 29.3 Å². The Kier molecular flexibility index (Phi) is 8.23. The lowest BCUT2D eigenvalue weighted by molar-refractivity contribution is -0.142. The molecule has 6 atom stereocenters. The van der Waals surface area contributed by atoms with Gasteiger partial charge >= 0.3 is 0 Å². The molecule has 0 unspecified atom stereocenters. The molecule has 0 bridgehead atoms. The topological polar surface area (TPSA) is 155 Å². The Morgan fingerprint density at radius 1 is 1.21 bits per heavy atom. The van der Waals surface area contributed by atoms with Gasteiger partial charge in [0.25, 0.3) is 0 Å². The quantitative estimate of drug-likeness (QED) is 0.326. The first kappa shape index (κ1) is 30.6. The SMILES string of the molecule is CCS(=O)(=O)N[C@H](C(=O)N1C[C@H]2[C@@H]([C@H]1C(=O)N[C@@H](C[C@@H]1CCNC1=O)C(=O)c1nc3ccccc3s1)C2(C)C)C(C)C. The molecule has 3 N–H and O–H groups in total. The van der Waals surface area contributed by atoms with Crippen molar-refractivity contribution in [2.45, 2.75) is 65.6 Å². The van der Waals surface area contributed by atoms with Crippen molar-refractivity contribution in [1.29, 1.82) is 0 Å². The number of amides is 3. The summed E-state index contributed by atoms with van der Waals surface area (Å²) in [5.74, 6) is -2.46. The van der Waals surface area contributed by atoms with Crippen LogP contribution in [0.5, 0.6) is 0 Å². The van der Waals surface area contributed by atoms with Gasteiger partial charge in [-0.3, -0.25) is 19.2 Å². The molecule has 11 nitrogen and oxygen atoms in total. The van der Waals surface area contributed by atoms with Crippen LogP contribution in [-0.4, -0.2) is 78.8 Å². The molecule has 1 aromatic heterocycles. The number of fused-ring (bicyclic) bond motifs is 2. The highest BCUT2D eigenvalue weighted by Crippen LogP contribution is 2.65. The Balaban J connectivity index is 1.43. The van der Waals surface area contributed by atoms with Crippen LogP contribution < -0.4 is 15.4 Å². The fourth-order valence-corrected chi connectivity index (χ4v) is 8.40. The standard InChI is InChI=1S/C29H39N5O6S2/c1-6-42(39,40)33-22(15(2)3)28(38)34-14-17-21(29(17,4)5)23(34)26(37)31-19(13-16-11-12-30-25(16)36)24(35)27-32-18-9-7-8-10-20(18)41-27/h7-10,15-17,19,21-23,33H,6,11-14H2,1-5H3,(H,30,36)(H,31,37)/t16-,17-,19-,21-,22-,23-/m0/s1. The number of Topliss-reactive ketones (excluding diaryl/α,β-unsaturated/α-hetero) is 1. The van der Waals surface area contributed by atoms with Crippen LogP contribution in [0.3, 0.4) is 0 Å². The van der Waals surface area contributed by atoms with Crippen molar-refractivity contribution in [2.75, 3.05) is 18.8 Å². The first-order valence-corrected chi connectivity index (χ1v) is 17.0. The Morgan fingerprint density at radius 3 is 2.55 bits per heavy atom. The van der Waals surface area contributed by atoms with Crippen LogP contribution in [0.4, 0.5) is 0 Å². The summed E-state index contributed by atoms with van der Waals surface area (Å²) in [6.45, 7) is 9.96. The highest BCUT2D eigenvalue weighted by atomic mass is 32.2. The molecular weight excluding hydrogens is 578 g/mol. The Morgan fingerprint density at radius 2 is 1.93 bits per heavy atom. The van der Waals surface area contributed by atoms with Crippen molar-refractivity contribution < 1.29 is 27.6 Å². The predicted octanol–water partition coefficient (Wildman–Crippen LogP) is 1.94. The lowest BCUT2D eigenvalue weighted by atomic mass is 9.94. The van der Waals surface area contributed by atoms with Gasteiger partial charge in [-0.1, -0.05) is 39.8 Å².